The zero-order valence-corrected chi connectivity index (χ0v) is 16.9. The minimum atomic E-state index is -3.83. The first-order valence-electron chi connectivity index (χ1n) is 9.90. The highest BCUT2D eigenvalue weighted by Crippen LogP contribution is 2.31. The second kappa shape index (κ2) is 8.35. The molecule has 1 aliphatic rings. The summed E-state index contributed by atoms with van der Waals surface area (Å²) < 4.78 is 28.4. The van der Waals surface area contributed by atoms with Gasteiger partial charge in [-0.15, -0.1) is 0 Å². The Balaban J connectivity index is 1.72. The molecule has 4 rings (SSSR count). The van der Waals surface area contributed by atoms with E-state index < -0.39 is 21.2 Å². The summed E-state index contributed by atoms with van der Waals surface area (Å²) in [6.45, 7) is 0.931. The van der Waals surface area contributed by atoms with E-state index in [-0.39, 0.29) is 0 Å². The number of nitrogens with zero attached hydrogens (tertiary/aromatic N) is 1. The van der Waals surface area contributed by atoms with Gasteiger partial charge in [0, 0.05) is 24.2 Å². The van der Waals surface area contributed by atoms with Crippen molar-refractivity contribution in [2.45, 2.75) is 24.5 Å². The molecule has 0 radical (unpaired) electrons. The van der Waals surface area contributed by atoms with Crippen molar-refractivity contribution in [3.63, 3.8) is 0 Å². The van der Waals surface area contributed by atoms with Crippen molar-refractivity contribution in [2.24, 2.45) is 0 Å². The standard InChI is InChI=1S/C23H24N2O3S/c26-23(24-21-15-9-13-18-10-5-6-14-20(18)21)22(19-11-3-1-4-12-19)29(27,28)25-16-7-2-8-17-25/h1,3-6,9-15,22H,2,7-8,16-17H2,(H,24,26). The van der Waals surface area contributed by atoms with Crippen molar-refractivity contribution >= 4 is 32.4 Å². The first-order chi connectivity index (χ1) is 14.1. The smallest absolute Gasteiger partial charge is 0.248 e. The van der Waals surface area contributed by atoms with Gasteiger partial charge in [-0.25, -0.2) is 12.7 Å². The molecule has 1 saturated heterocycles. The van der Waals surface area contributed by atoms with Crippen LogP contribution in [0.3, 0.4) is 0 Å². The molecule has 0 aromatic heterocycles. The van der Waals surface area contributed by atoms with Crippen molar-refractivity contribution < 1.29 is 13.2 Å². The van der Waals surface area contributed by atoms with E-state index >= 15 is 0 Å². The first kappa shape index (κ1) is 19.6. The van der Waals surface area contributed by atoms with Crippen molar-refractivity contribution in [3.8, 4) is 0 Å². The second-order valence-corrected chi connectivity index (χ2v) is 9.33. The average molecular weight is 409 g/mol. The third-order valence-electron chi connectivity index (χ3n) is 5.36. The lowest BCUT2D eigenvalue weighted by molar-refractivity contribution is -0.116. The summed E-state index contributed by atoms with van der Waals surface area (Å²) in [7, 11) is -3.83. The Morgan fingerprint density at radius 3 is 2.24 bits per heavy atom. The SMILES string of the molecule is O=C(Nc1cccc2ccccc12)C(c1ccccc1)S(=O)(=O)N1CCCCC1. The normalized spacial score (nSPS) is 16.4. The molecule has 3 aromatic carbocycles. The maximum atomic E-state index is 13.4. The van der Waals surface area contributed by atoms with Gasteiger partial charge in [0.2, 0.25) is 15.9 Å². The van der Waals surface area contributed by atoms with Crippen LogP contribution in [0.4, 0.5) is 5.69 Å². The zero-order valence-electron chi connectivity index (χ0n) is 16.1. The predicted octanol–water partition coefficient (Wildman–Crippen LogP) is 4.34. The highest BCUT2D eigenvalue weighted by Gasteiger charge is 2.39. The summed E-state index contributed by atoms with van der Waals surface area (Å²) >= 11 is 0. The van der Waals surface area contributed by atoms with Crippen LogP contribution in [0.5, 0.6) is 0 Å². The van der Waals surface area contributed by atoms with Crippen LogP contribution in [-0.4, -0.2) is 31.7 Å². The van der Waals surface area contributed by atoms with Gasteiger partial charge in [0.05, 0.1) is 0 Å². The number of hydrogen-bond donors (Lipinski definition) is 1. The molecular formula is C23H24N2O3S. The molecule has 1 unspecified atom stereocenters. The molecule has 1 fully saturated rings. The van der Waals surface area contributed by atoms with Crippen LogP contribution < -0.4 is 5.32 Å². The van der Waals surface area contributed by atoms with E-state index in [2.05, 4.69) is 5.32 Å². The molecule has 1 amide bonds. The number of sulfonamides is 1. The van der Waals surface area contributed by atoms with Gasteiger partial charge in [0.1, 0.15) is 0 Å². The van der Waals surface area contributed by atoms with Crippen LogP contribution in [-0.2, 0) is 14.8 Å². The summed E-state index contributed by atoms with van der Waals surface area (Å²) in [5.41, 5.74) is 1.10. The van der Waals surface area contributed by atoms with Crippen LogP contribution in [0.2, 0.25) is 0 Å². The van der Waals surface area contributed by atoms with Crippen LogP contribution >= 0.6 is 0 Å². The van der Waals surface area contributed by atoms with Gasteiger partial charge in [-0.05, 0) is 29.9 Å². The van der Waals surface area contributed by atoms with Crippen molar-refractivity contribution in [1.82, 2.24) is 4.31 Å². The Morgan fingerprint density at radius 2 is 1.48 bits per heavy atom. The third kappa shape index (κ3) is 4.04. The third-order valence-corrected chi connectivity index (χ3v) is 7.53. The maximum Gasteiger partial charge on any atom is 0.248 e. The Labute approximate surface area is 171 Å². The number of rotatable bonds is 5. The Hall–Kier alpha value is -2.70. The topological polar surface area (TPSA) is 66.5 Å². The first-order valence-corrected chi connectivity index (χ1v) is 11.4. The molecule has 3 aromatic rings. The van der Waals surface area contributed by atoms with Gasteiger partial charge in [-0.1, -0.05) is 73.2 Å². The summed E-state index contributed by atoms with van der Waals surface area (Å²) in [4.78, 5) is 13.3. The average Bonchev–Trinajstić information content (AvgIpc) is 2.75. The van der Waals surface area contributed by atoms with E-state index in [1.807, 2.05) is 42.5 Å². The van der Waals surface area contributed by atoms with Crippen LogP contribution in [0, 0.1) is 0 Å². The molecule has 1 heterocycles. The van der Waals surface area contributed by atoms with Gasteiger partial charge in [0.15, 0.2) is 5.25 Å². The lowest BCUT2D eigenvalue weighted by Crippen LogP contribution is -2.42. The molecule has 1 atom stereocenters. The van der Waals surface area contributed by atoms with E-state index in [1.165, 1.54) is 4.31 Å². The van der Waals surface area contributed by atoms with Crippen molar-refractivity contribution in [3.05, 3.63) is 78.4 Å². The number of anilines is 1. The lowest BCUT2D eigenvalue weighted by Gasteiger charge is -2.30. The molecule has 0 spiro atoms. The Bertz CT molecular complexity index is 1100. The zero-order chi connectivity index (χ0) is 20.3. The monoisotopic (exact) mass is 408 g/mol. The maximum absolute atomic E-state index is 13.4. The fourth-order valence-electron chi connectivity index (χ4n) is 3.89. The number of amides is 1. The fraction of sp³-hybridized carbons (Fsp3) is 0.261. The number of carbonyl (C=O) groups is 1. The van der Waals surface area contributed by atoms with E-state index in [0.717, 1.165) is 30.0 Å². The molecule has 0 saturated carbocycles. The second-order valence-electron chi connectivity index (χ2n) is 7.31. The largest absolute Gasteiger partial charge is 0.324 e. The van der Waals surface area contributed by atoms with Gasteiger partial charge in [0.25, 0.3) is 0 Å². The quantitative estimate of drug-likeness (QED) is 0.683. The van der Waals surface area contributed by atoms with Gasteiger partial charge >= 0.3 is 0 Å². The molecule has 6 heteroatoms. The summed E-state index contributed by atoms with van der Waals surface area (Å²) in [5.74, 6) is -0.530. The van der Waals surface area contributed by atoms with Crippen LogP contribution in [0.1, 0.15) is 30.1 Å². The highest BCUT2D eigenvalue weighted by atomic mass is 32.2. The molecule has 5 nitrogen and oxygen atoms in total. The molecule has 150 valence electrons. The number of carbonyl (C=O) groups excluding carboxylic acids is 1. The number of hydrogen-bond acceptors (Lipinski definition) is 3. The molecular weight excluding hydrogens is 384 g/mol. The fourth-order valence-corrected chi connectivity index (χ4v) is 5.78. The van der Waals surface area contributed by atoms with Crippen molar-refractivity contribution in [2.75, 3.05) is 18.4 Å². The predicted molar refractivity (Wildman–Crippen MR) is 116 cm³/mol. The molecule has 0 aliphatic carbocycles. The van der Waals surface area contributed by atoms with Crippen molar-refractivity contribution in [1.29, 1.82) is 0 Å². The van der Waals surface area contributed by atoms with E-state index in [9.17, 15) is 13.2 Å². The minimum Gasteiger partial charge on any atom is -0.324 e. The molecule has 29 heavy (non-hydrogen) atoms. The van der Waals surface area contributed by atoms with Crippen LogP contribution in [0.25, 0.3) is 10.8 Å². The van der Waals surface area contributed by atoms with Gasteiger partial charge in [-0.3, -0.25) is 4.79 Å². The number of piperidine rings is 1. The lowest BCUT2D eigenvalue weighted by atomic mass is 10.1. The van der Waals surface area contributed by atoms with E-state index in [0.29, 0.717) is 24.3 Å². The van der Waals surface area contributed by atoms with E-state index in [4.69, 9.17) is 0 Å². The number of nitrogens with one attached hydrogen (secondary N) is 1. The van der Waals surface area contributed by atoms with E-state index in [1.54, 1.807) is 30.3 Å². The van der Waals surface area contributed by atoms with Gasteiger partial charge < -0.3 is 5.32 Å². The Kier molecular flexibility index (Phi) is 5.65. The molecule has 1 N–H and O–H groups in total. The number of fused-ring (bicyclic) bond motifs is 1. The summed E-state index contributed by atoms with van der Waals surface area (Å²) in [6, 6.07) is 22.1. The summed E-state index contributed by atoms with van der Waals surface area (Å²) in [6.07, 6.45) is 2.67. The Morgan fingerprint density at radius 1 is 0.828 bits per heavy atom. The molecule has 0 bridgehead atoms. The number of benzene rings is 3. The van der Waals surface area contributed by atoms with Gasteiger partial charge in [-0.2, -0.15) is 0 Å². The highest BCUT2D eigenvalue weighted by molar-refractivity contribution is 7.90. The summed E-state index contributed by atoms with van der Waals surface area (Å²) in [5, 5.41) is 3.47. The van der Waals surface area contributed by atoms with Crippen LogP contribution in [0.15, 0.2) is 72.8 Å². The molecule has 1 aliphatic heterocycles. The minimum absolute atomic E-state index is 0.465.